The molecular weight excluding hydrogens is 234 g/mol. The molecule has 102 valence electrons. The molecule has 0 unspecified atom stereocenters. The van der Waals surface area contributed by atoms with E-state index in [2.05, 4.69) is 68.3 Å². The molecule has 0 amide bonds. The monoisotopic (exact) mass is 257 g/mol. The van der Waals surface area contributed by atoms with Gasteiger partial charge in [0.05, 0.1) is 11.9 Å². The van der Waals surface area contributed by atoms with E-state index in [-0.39, 0.29) is 5.54 Å². The summed E-state index contributed by atoms with van der Waals surface area (Å²) in [6, 6.07) is 6.51. The number of hydrogen-bond donors (Lipinski definition) is 2. The minimum absolute atomic E-state index is 0.107. The highest BCUT2D eigenvalue weighted by Gasteiger charge is 2.13. The van der Waals surface area contributed by atoms with Crippen LogP contribution in [0.25, 0.3) is 11.3 Å². The third-order valence-electron chi connectivity index (χ3n) is 3.19. The van der Waals surface area contributed by atoms with Crippen molar-refractivity contribution in [1.29, 1.82) is 0 Å². The van der Waals surface area contributed by atoms with Crippen molar-refractivity contribution in [3.63, 3.8) is 0 Å². The molecule has 0 aliphatic rings. The first kappa shape index (κ1) is 13.8. The summed E-state index contributed by atoms with van der Waals surface area (Å²) in [6.45, 7) is 11.6. The van der Waals surface area contributed by atoms with Crippen LogP contribution in [-0.4, -0.2) is 15.7 Å². The number of nitrogens with one attached hydrogen (secondary N) is 2. The second-order valence-corrected chi connectivity index (χ2v) is 6.19. The van der Waals surface area contributed by atoms with E-state index >= 15 is 0 Å². The van der Waals surface area contributed by atoms with Gasteiger partial charge in [0.15, 0.2) is 0 Å². The number of nitrogens with zero attached hydrogens (tertiary/aromatic N) is 1. The van der Waals surface area contributed by atoms with Crippen molar-refractivity contribution in [2.24, 2.45) is 0 Å². The van der Waals surface area contributed by atoms with Crippen molar-refractivity contribution in [3.05, 3.63) is 41.1 Å². The summed E-state index contributed by atoms with van der Waals surface area (Å²) in [5.41, 5.74) is 6.22. The highest BCUT2D eigenvalue weighted by Crippen LogP contribution is 2.26. The number of aromatic amines is 1. The summed E-state index contributed by atoms with van der Waals surface area (Å²) >= 11 is 0. The molecule has 0 bridgehead atoms. The molecule has 2 rings (SSSR count). The van der Waals surface area contributed by atoms with Crippen LogP contribution in [0, 0.1) is 13.8 Å². The number of aryl methyl sites for hydroxylation is 2. The van der Waals surface area contributed by atoms with Crippen molar-refractivity contribution < 1.29 is 0 Å². The molecule has 0 saturated carbocycles. The molecule has 0 aliphatic heterocycles. The second-order valence-electron chi connectivity index (χ2n) is 6.19. The van der Waals surface area contributed by atoms with Crippen molar-refractivity contribution in [3.8, 4) is 11.3 Å². The summed E-state index contributed by atoms with van der Waals surface area (Å²) in [5.74, 6) is 0. The Morgan fingerprint density at radius 1 is 1.21 bits per heavy atom. The molecule has 1 aromatic heterocycles. The molecule has 3 nitrogen and oxygen atoms in total. The quantitative estimate of drug-likeness (QED) is 0.882. The molecule has 1 aromatic carbocycles. The predicted molar refractivity (Wildman–Crippen MR) is 80.1 cm³/mol. The average Bonchev–Trinajstić information content (AvgIpc) is 2.77. The summed E-state index contributed by atoms with van der Waals surface area (Å²) in [7, 11) is 0. The van der Waals surface area contributed by atoms with Crippen LogP contribution >= 0.6 is 0 Å². The fraction of sp³-hybridized carbons (Fsp3) is 0.438. The van der Waals surface area contributed by atoms with Gasteiger partial charge in [-0.2, -0.15) is 5.10 Å². The van der Waals surface area contributed by atoms with Crippen molar-refractivity contribution in [1.82, 2.24) is 15.5 Å². The Hall–Kier alpha value is -1.61. The average molecular weight is 257 g/mol. The van der Waals surface area contributed by atoms with Gasteiger partial charge >= 0.3 is 0 Å². The van der Waals surface area contributed by atoms with Gasteiger partial charge in [-0.1, -0.05) is 17.7 Å². The molecule has 2 aromatic rings. The highest BCUT2D eigenvalue weighted by molar-refractivity contribution is 5.67. The van der Waals surface area contributed by atoms with E-state index in [9.17, 15) is 0 Å². The van der Waals surface area contributed by atoms with Gasteiger partial charge in [0, 0.05) is 23.2 Å². The first-order chi connectivity index (χ1) is 8.87. The molecule has 0 radical (unpaired) electrons. The van der Waals surface area contributed by atoms with E-state index in [0.29, 0.717) is 0 Å². The molecular formula is C16H23N3. The van der Waals surface area contributed by atoms with E-state index in [1.54, 1.807) is 0 Å². The van der Waals surface area contributed by atoms with Gasteiger partial charge in [0.1, 0.15) is 0 Å². The lowest BCUT2D eigenvalue weighted by molar-refractivity contribution is 0.424. The SMILES string of the molecule is Cc1ccc(C)c(-c2[nH]ncc2CNC(C)(C)C)c1. The lowest BCUT2D eigenvalue weighted by atomic mass is 10.00. The maximum atomic E-state index is 4.20. The number of hydrogen-bond acceptors (Lipinski definition) is 2. The van der Waals surface area contributed by atoms with Gasteiger partial charge in [-0.05, 0) is 46.2 Å². The zero-order valence-electron chi connectivity index (χ0n) is 12.5. The van der Waals surface area contributed by atoms with Crippen LogP contribution in [0.3, 0.4) is 0 Å². The topological polar surface area (TPSA) is 40.7 Å². The van der Waals surface area contributed by atoms with Crippen LogP contribution in [0.1, 0.15) is 37.5 Å². The Balaban J connectivity index is 2.31. The molecule has 1 heterocycles. The summed E-state index contributed by atoms with van der Waals surface area (Å²) in [6.07, 6.45) is 1.91. The van der Waals surface area contributed by atoms with Crippen LogP contribution in [0.15, 0.2) is 24.4 Å². The van der Waals surface area contributed by atoms with Crippen LogP contribution in [0.2, 0.25) is 0 Å². The lowest BCUT2D eigenvalue weighted by Crippen LogP contribution is -2.35. The van der Waals surface area contributed by atoms with Gasteiger partial charge in [-0.3, -0.25) is 5.10 Å². The Morgan fingerprint density at radius 2 is 1.95 bits per heavy atom. The van der Waals surface area contributed by atoms with Gasteiger partial charge < -0.3 is 5.32 Å². The van der Waals surface area contributed by atoms with Crippen LogP contribution in [-0.2, 0) is 6.54 Å². The predicted octanol–water partition coefficient (Wildman–Crippen LogP) is 3.58. The third kappa shape index (κ3) is 3.44. The van der Waals surface area contributed by atoms with Crippen molar-refractivity contribution in [2.75, 3.05) is 0 Å². The molecule has 0 aliphatic carbocycles. The van der Waals surface area contributed by atoms with Gasteiger partial charge in [0.25, 0.3) is 0 Å². The van der Waals surface area contributed by atoms with Gasteiger partial charge in [-0.15, -0.1) is 0 Å². The maximum Gasteiger partial charge on any atom is 0.0697 e. The Morgan fingerprint density at radius 3 is 2.63 bits per heavy atom. The summed E-state index contributed by atoms with van der Waals surface area (Å²) in [4.78, 5) is 0. The smallest absolute Gasteiger partial charge is 0.0697 e. The number of rotatable bonds is 3. The molecule has 0 spiro atoms. The van der Waals surface area contributed by atoms with E-state index in [4.69, 9.17) is 0 Å². The van der Waals surface area contributed by atoms with Crippen molar-refractivity contribution >= 4 is 0 Å². The van der Waals surface area contributed by atoms with E-state index in [1.807, 2.05) is 6.20 Å². The second kappa shape index (κ2) is 5.17. The number of aromatic nitrogens is 2. The van der Waals surface area contributed by atoms with Crippen molar-refractivity contribution in [2.45, 2.75) is 46.7 Å². The van der Waals surface area contributed by atoms with E-state index in [0.717, 1.165) is 12.2 Å². The molecule has 19 heavy (non-hydrogen) atoms. The largest absolute Gasteiger partial charge is 0.308 e. The van der Waals surface area contributed by atoms with E-state index < -0.39 is 0 Å². The molecule has 2 N–H and O–H groups in total. The normalized spacial score (nSPS) is 11.8. The number of benzene rings is 1. The fourth-order valence-electron chi connectivity index (χ4n) is 2.04. The summed E-state index contributed by atoms with van der Waals surface area (Å²) in [5, 5.41) is 10.8. The van der Waals surface area contributed by atoms with Gasteiger partial charge in [-0.25, -0.2) is 0 Å². The van der Waals surface area contributed by atoms with Crippen LogP contribution < -0.4 is 5.32 Å². The first-order valence-electron chi connectivity index (χ1n) is 6.72. The number of H-pyrrole nitrogens is 1. The summed E-state index contributed by atoms with van der Waals surface area (Å²) < 4.78 is 0. The van der Waals surface area contributed by atoms with Crippen LogP contribution in [0.4, 0.5) is 0 Å². The molecule has 0 saturated heterocycles. The van der Waals surface area contributed by atoms with E-state index in [1.165, 1.54) is 22.3 Å². The maximum absolute atomic E-state index is 4.20. The molecule has 0 fully saturated rings. The Bertz CT molecular complexity index is 562. The highest BCUT2D eigenvalue weighted by atomic mass is 15.1. The lowest BCUT2D eigenvalue weighted by Gasteiger charge is -2.20. The zero-order chi connectivity index (χ0) is 14.0. The standard InChI is InChI=1S/C16H23N3/c1-11-6-7-12(2)14(8-11)15-13(10-18-19-15)9-17-16(3,4)5/h6-8,10,17H,9H2,1-5H3,(H,18,19). The Labute approximate surface area is 115 Å². The minimum atomic E-state index is 0.107. The molecule has 0 atom stereocenters. The first-order valence-corrected chi connectivity index (χ1v) is 6.72. The zero-order valence-corrected chi connectivity index (χ0v) is 12.5. The van der Waals surface area contributed by atoms with Crippen LogP contribution in [0.5, 0.6) is 0 Å². The molecule has 3 heteroatoms. The Kier molecular flexibility index (Phi) is 3.76. The third-order valence-corrected chi connectivity index (χ3v) is 3.19. The fourth-order valence-corrected chi connectivity index (χ4v) is 2.04. The minimum Gasteiger partial charge on any atom is -0.308 e. The van der Waals surface area contributed by atoms with Gasteiger partial charge in [0.2, 0.25) is 0 Å².